The lowest BCUT2D eigenvalue weighted by molar-refractivity contribution is -0.910. The molecule has 2 heterocycles. The van der Waals surface area contributed by atoms with Gasteiger partial charge in [0.05, 0.1) is 13.2 Å². The number of nitrogens with one attached hydrogen (secondary N) is 1. The summed E-state index contributed by atoms with van der Waals surface area (Å²) in [6, 6.07) is 6.19. The minimum atomic E-state index is -0.394. The van der Waals surface area contributed by atoms with Crippen molar-refractivity contribution in [1.29, 1.82) is 0 Å². The minimum absolute atomic E-state index is 0.274. The summed E-state index contributed by atoms with van der Waals surface area (Å²) in [4.78, 5) is 1.37. The van der Waals surface area contributed by atoms with Gasteiger partial charge in [-0.05, 0) is 24.3 Å². The number of benzene rings is 1. The Morgan fingerprint density at radius 3 is 2.71 bits per heavy atom. The van der Waals surface area contributed by atoms with Gasteiger partial charge in [-0.15, -0.1) is 10.2 Å². The zero-order valence-electron chi connectivity index (χ0n) is 13.6. The number of aromatic nitrogens is 3. The lowest BCUT2D eigenvalue weighted by atomic mass is 10.2. The van der Waals surface area contributed by atoms with Crippen molar-refractivity contribution in [1.82, 2.24) is 14.8 Å². The number of thioether (sulfide) groups is 1. The van der Waals surface area contributed by atoms with Crippen LogP contribution in [0.15, 0.2) is 29.4 Å². The van der Waals surface area contributed by atoms with Gasteiger partial charge in [0.2, 0.25) is 0 Å². The summed E-state index contributed by atoms with van der Waals surface area (Å²) in [5, 5.41) is 19.3. The second kappa shape index (κ2) is 8.06. The van der Waals surface area contributed by atoms with Crippen molar-refractivity contribution >= 4 is 11.8 Å². The Labute approximate surface area is 144 Å². The molecule has 3 rings (SSSR count). The molecule has 0 amide bonds. The van der Waals surface area contributed by atoms with Crippen molar-refractivity contribution in [3.8, 4) is 11.4 Å². The highest BCUT2D eigenvalue weighted by Gasteiger charge is 2.19. The van der Waals surface area contributed by atoms with Crippen LogP contribution in [0.25, 0.3) is 11.4 Å². The van der Waals surface area contributed by atoms with E-state index >= 15 is 0 Å². The van der Waals surface area contributed by atoms with Crippen molar-refractivity contribution in [3.05, 3.63) is 30.1 Å². The first-order chi connectivity index (χ1) is 11.6. The maximum atomic E-state index is 13.0. The average Bonchev–Trinajstić information content (AvgIpc) is 2.95. The number of aliphatic hydroxyl groups is 1. The third-order valence-electron chi connectivity index (χ3n) is 4.07. The Kier molecular flexibility index (Phi) is 5.83. The summed E-state index contributed by atoms with van der Waals surface area (Å²) < 4.78 is 20.2. The third kappa shape index (κ3) is 4.32. The zero-order valence-corrected chi connectivity index (χ0v) is 14.4. The topological polar surface area (TPSA) is 64.6 Å². The lowest BCUT2D eigenvalue weighted by Crippen LogP contribution is -3.15. The van der Waals surface area contributed by atoms with Gasteiger partial charge >= 0.3 is 0 Å². The normalized spacial score (nSPS) is 17.1. The number of halogens is 1. The van der Waals surface area contributed by atoms with Crippen LogP contribution in [0.4, 0.5) is 4.39 Å². The summed E-state index contributed by atoms with van der Waals surface area (Å²) in [6.45, 7) is 4.14. The minimum Gasteiger partial charge on any atom is -0.386 e. The van der Waals surface area contributed by atoms with Gasteiger partial charge in [-0.2, -0.15) is 0 Å². The number of hydrogen-bond acceptors (Lipinski definition) is 5. The van der Waals surface area contributed by atoms with Crippen LogP contribution >= 0.6 is 11.8 Å². The van der Waals surface area contributed by atoms with Crippen LogP contribution in [0.5, 0.6) is 0 Å². The molecule has 1 aromatic carbocycles. The molecule has 1 aromatic heterocycles. The molecule has 1 saturated heterocycles. The van der Waals surface area contributed by atoms with Gasteiger partial charge in [0, 0.05) is 18.4 Å². The van der Waals surface area contributed by atoms with Gasteiger partial charge in [-0.3, -0.25) is 0 Å². The molecule has 8 heteroatoms. The fourth-order valence-electron chi connectivity index (χ4n) is 2.72. The first kappa shape index (κ1) is 17.3. The van der Waals surface area contributed by atoms with E-state index in [2.05, 4.69) is 10.2 Å². The van der Waals surface area contributed by atoms with E-state index in [0.29, 0.717) is 11.6 Å². The maximum Gasteiger partial charge on any atom is 0.191 e. The molecule has 0 spiro atoms. The second-order valence-corrected chi connectivity index (χ2v) is 6.89. The first-order valence-electron chi connectivity index (χ1n) is 8.01. The second-order valence-electron chi connectivity index (χ2n) is 5.90. The van der Waals surface area contributed by atoms with Crippen molar-refractivity contribution in [2.24, 2.45) is 7.05 Å². The summed E-state index contributed by atoms with van der Waals surface area (Å²) in [6.07, 6.45) is -0.394. The Hall–Kier alpha value is -1.48. The Balaban J connectivity index is 1.56. The summed E-state index contributed by atoms with van der Waals surface area (Å²) in [7, 11) is 1.88. The van der Waals surface area contributed by atoms with E-state index in [4.69, 9.17) is 4.74 Å². The quantitative estimate of drug-likeness (QED) is 0.715. The van der Waals surface area contributed by atoms with Gasteiger partial charge in [0.25, 0.3) is 0 Å². The van der Waals surface area contributed by atoms with Crippen molar-refractivity contribution in [2.75, 3.05) is 38.6 Å². The Bertz CT molecular complexity index is 659. The van der Waals surface area contributed by atoms with Crippen molar-refractivity contribution in [3.63, 3.8) is 0 Å². The van der Waals surface area contributed by atoms with Crippen LogP contribution in [-0.2, 0) is 11.8 Å². The molecule has 2 N–H and O–H groups in total. The summed E-state index contributed by atoms with van der Waals surface area (Å²) >= 11 is 1.48. The standard InChI is InChI=1S/C16H21FN4O2S/c1-20-15(12-2-4-13(17)5-3-12)18-19-16(20)24-11-14(22)10-21-6-8-23-9-7-21/h2-5,14,22H,6-11H2,1H3/p+1/t14-/m0/s1. The van der Waals surface area contributed by atoms with Crippen LogP contribution in [-0.4, -0.2) is 64.6 Å². The molecule has 1 fully saturated rings. The molecule has 2 aromatic rings. The number of aliphatic hydroxyl groups excluding tert-OH is 1. The average molecular weight is 353 g/mol. The van der Waals surface area contributed by atoms with Crippen LogP contribution in [0.1, 0.15) is 0 Å². The molecule has 0 aliphatic carbocycles. The van der Waals surface area contributed by atoms with E-state index in [1.807, 2.05) is 11.6 Å². The van der Waals surface area contributed by atoms with Gasteiger partial charge in [0.1, 0.15) is 31.6 Å². The molecular weight excluding hydrogens is 331 g/mol. The molecule has 130 valence electrons. The molecular formula is C16H22FN4O2S+. The fraction of sp³-hybridized carbons (Fsp3) is 0.500. The number of morpholine rings is 1. The maximum absolute atomic E-state index is 13.0. The van der Waals surface area contributed by atoms with Crippen LogP contribution in [0.2, 0.25) is 0 Å². The number of rotatable bonds is 6. The third-order valence-corrected chi connectivity index (χ3v) is 5.23. The number of ether oxygens (including phenoxy) is 1. The molecule has 6 nitrogen and oxygen atoms in total. The molecule has 0 bridgehead atoms. The lowest BCUT2D eigenvalue weighted by Gasteiger charge is -2.25. The van der Waals surface area contributed by atoms with E-state index in [-0.39, 0.29) is 5.82 Å². The first-order valence-corrected chi connectivity index (χ1v) is 8.99. The molecule has 0 radical (unpaired) electrons. The van der Waals surface area contributed by atoms with E-state index in [1.54, 1.807) is 12.1 Å². The Morgan fingerprint density at radius 2 is 2.00 bits per heavy atom. The van der Waals surface area contributed by atoms with Gasteiger partial charge in [0.15, 0.2) is 11.0 Å². The highest BCUT2D eigenvalue weighted by atomic mass is 32.2. The van der Waals surface area contributed by atoms with Gasteiger partial charge in [-0.1, -0.05) is 11.8 Å². The fourth-order valence-corrected chi connectivity index (χ4v) is 3.56. The van der Waals surface area contributed by atoms with Gasteiger partial charge < -0.3 is 19.3 Å². The number of quaternary nitrogens is 1. The van der Waals surface area contributed by atoms with Crippen LogP contribution < -0.4 is 4.90 Å². The van der Waals surface area contributed by atoms with E-state index in [1.165, 1.54) is 28.8 Å². The molecule has 1 aliphatic heterocycles. The van der Waals surface area contributed by atoms with Crippen molar-refractivity contribution in [2.45, 2.75) is 11.3 Å². The van der Waals surface area contributed by atoms with Gasteiger partial charge in [-0.25, -0.2) is 4.39 Å². The SMILES string of the molecule is Cn1c(SC[C@@H](O)C[NH+]2CCOCC2)nnc1-c1ccc(F)cc1. The van der Waals surface area contributed by atoms with E-state index in [0.717, 1.165) is 43.6 Å². The molecule has 1 aliphatic rings. The van der Waals surface area contributed by atoms with E-state index in [9.17, 15) is 9.50 Å². The predicted octanol–water partition coefficient (Wildman–Crippen LogP) is -0.0107. The predicted molar refractivity (Wildman–Crippen MR) is 89.5 cm³/mol. The number of hydrogen-bond donors (Lipinski definition) is 2. The highest BCUT2D eigenvalue weighted by Crippen LogP contribution is 2.23. The molecule has 0 unspecified atom stereocenters. The zero-order chi connectivity index (χ0) is 16.9. The van der Waals surface area contributed by atoms with E-state index < -0.39 is 6.10 Å². The number of nitrogens with zero attached hydrogens (tertiary/aromatic N) is 3. The molecule has 1 atom stereocenters. The van der Waals surface area contributed by atoms with Crippen LogP contribution in [0.3, 0.4) is 0 Å². The highest BCUT2D eigenvalue weighted by molar-refractivity contribution is 7.99. The Morgan fingerprint density at radius 1 is 1.29 bits per heavy atom. The van der Waals surface area contributed by atoms with Crippen LogP contribution in [0, 0.1) is 5.82 Å². The molecule has 24 heavy (non-hydrogen) atoms. The monoisotopic (exact) mass is 353 g/mol. The summed E-state index contributed by atoms with van der Waals surface area (Å²) in [5.41, 5.74) is 0.816. The summed E-state index contributed by atoms with van der Waals surface area (Å²) in [5.74, 6) is 0.981. The largest absolute Gasteiger partial charge is 0.386 e. The molecule has 0 saturated carbocycles. The van der Waals surface area contributed by atoms with Crippen molar-refractivity contribution < 1.29 is 19.1 Å². The smallest absolute Gasteiger partial charge is 0.191 e.